The van der Waals surface area contributed by atoms with Crippen molar-refractivity contribution in [2.75, 3.05) is 5.43 Å². The van der Waals surface area contributed by atoms with Gasteiger partial charge in [0.05, 0.1) is 0 Å². The lowest BCUT2D eigenvalue weighted by atomic mass is 10.1. The van der Waals surface area contributed by atoms with Crippen LogP contribution in [0.2, 0.25) is 0 Å². The molecule has 4 nitrogen and oxygen atoms in total. The number of anilines is 1. The van der Waals surface area contributed by atoms with E-state index < -0.39 is 0 Å². The normalized spacial score (nSPS) is 10.1. The highest BCUT2D eigenvalue weighted by atomic mass is 15.3. The Labute approximate surface area is 94.5 Å². The largest absolute Gasteiger partial charge is 0.308 e. The summed E-state index contributed by atoms with van der Waals surface area (Å²) in [7, 11) is 0. The van der Waals surface area contributed by atoms with Gasteiger partial charge < -0.3 is 5.43 Å². The molecule has 16 heavy (non-hydrogen) atoms. The number of benzene rings is 1. The molecular weight excluding hydrogens is 200 g/mol. The van der Waals surface area contributed by atoms with Crippen LogP contribution in [0.4, 0.5) is 5.82 Å². The van der Waals surface area contributed by atoms with E-state index in [9.17, 15) is 0 Å². The zero-order valence-corrected chi connectivity index (χ0v) is 9.14. The zero-order valence-electron chi connectivity index (χ0n) is 9.14. The predicted molar refractivity (Wildman–Crippen MR) is 64.7 cm³/mol. The Bertz CT molecular complexity index is 465. The SMILES string of the molecule is CCc1ccc(-c2nccc(NN)n2)cc1. The predicted octanol–water partition coefficient (Wildman–Crippen LogP) is 1.99. The van der Waals surface area contributed by atoms with Crippen LogP contribution in [-0.4, -0.2) is 9.97 Å². The molecule has 0 spiro atoms. The summed E-state index contributed by atoms with van der Waals surface area (Å²) in [6.45, 7) is 2.13. The molecule has 0 aliphatic rings. The van der Waals surface area contributed by atoms with Gasteiger partial charge in [-0.3, -0.25) is 0 Å². The van der Waals surface area contributed by atoms with E-state index in [0.717, 1.165) is 12.0 Å². The van der Waals surface area contributed by atoms with Crippen molar-refractivity contribution < 1.29 is 0 Å². The molecule has 1 aromatic carbocycles. The van der Waals surface area contributed by atoms with Gasteiger partial charge in [0.25, 0.3) is 0 Å². The number of hydrazine groups is 1. The fraction of sp³-hybridized carbons (Fsp3) is 0.167. The molecule has 0 aliphatic heterocycles. The number of hydrogen-bond donors (Lipinski definition) is 2. The van der Waals surface area contributed by atoms with Crippen LogP contribution in [0, 0.1) is 0 Å². The van der Waals surface area contributed by atoms with Crippen molar-refractivity contribution in [3.63, 3.8) is 0 Å². The number of nitrogen functional groups attached to an aromatic ring is 1. The molecule has 0 unspecified atom stereocenters. The number of nitrogens with two attached hydrogens (primary N) is 1. The summed E-state index contributed by atoms with van der Waals surface area (Å²) >= 11 is 0. The van der Waals surface area contributed by atoms with Crippen molar-refractivity contribution in [3.05, 3.63) is 42.1 Å². The first-order valence-corrected chi connectivity index (χ1v) is 5.22. The van der Waals surface area contributed by atoms with Crippen LogP contribution in [0.25, 0.3) is 11.4 Å². The molecule has 1 aromatic heterocycles. The van der Waals surface area contributed by atoms with E-state index in [1.165, 1.54) is 5.56 Å². The highest BCUT2D eigenvalue weighted by molar-refractivity contribution is 5.57. The number of aryl methyl sites for hydroxylation is 1. The number of aromatic nitrogens is 2. The van der Waals surface area contributed by atoms with Crippen LogP contribution in [0.15, 0.2) is 36.5 Å². The maximum atomic E-state index is 5.30. The lowest BCUT2D eigenvalue weighted by Gasteiger charge is -2.03. The Morgan fingerprint density at radius 3 is 2.56 bits per heavy atom. The zero-order chi connectivity index (χ0) is 11.4. The van der Waals surface area contributed by atoms with Gasteiger partial charge in [0, 0.05) is 17.8 Å². The van der Waals surface area contributed by atoms with E-state index in [-0.39, 0.29) is 0 Å². The van der Waals surface area contributed by atoms with E-state index in [4.69, 9.17) is 5.84 Å². The molecule has 82 valence electrons. The van der Waals surface area contributed by atoms with Crippen LogP contribution in [0.5, 0.6) is 0 Å². The molecule has 2 aromatic rings. The third-order valence-corrected chi connectivity index (χ3v) is 2.42. The standard InChI is InChI=1S/C12H14N4/c1-2-9-3-5-10(6-4-9)12-14-8-7-11(15-12)16-13/h3-8H,2,13H2,1H3,(H,14,15,16). The second-order valence-corrected chi connectivity index (χ2v) is 3.46. The Morgan fingerprint density at radius 2 is 1.94 bits per heavy atom. The van der Waals surface area contributed by atoms with Crippen LogP contribution in [0.1, 0.15) is 12.5 Å². The molecule has 4 heteroatoms. The number of nitrogens with one attached hydrogen (secondary N) is 1. The van der Waals surface area contributed by atoms with Gasteiger partial charge in [-0.15, -0.1) is 0 Å². The van der Waals surface area contributed by atoms with Gasteiger partial charge in [-0.25, -0.2) is 15.8 Å². The van der Waals surface area contributed by atoms with Gasteiger partial charge in [0.15, 0.2) is 5.82 Å². The maximum absolute atomic E-state index is 5.30. The molecule has 0 aliphatic carbocycles. The summed E-state index contributed by atoms with van der Waals surface area (Å²) in [5.74, 6) is 6.60. The quantitative estimate of drug-likeness (QED) is 0.606. The fourth-order valence-electron chi connectivity index (χ4n) is 1.47. The van der Waals surface area contributed by atoms with Crippen molar-refractivity contribution in [1.82, 2.24) is 9.97 Å². The molecule has 3 N–H and O–H groups in total. The molecule has 0 radical (unpaired) electrons. The number of rotatable bonds is 3. The summed E-state index contributed by atoms with van der Waals surface area (Å²) in [4.78, 5) is 8.48. The summed E-state index contributed by atoms with van der Waals surface area (Å²) in [6, 6.07) is 9.94. The van der Waals surface area contributed by atoms with Crippen molar-refractivity contribution >= 4 is 5.82 Å². The lowest BCUT2D eigenvalue weighted by Crippen LogP contribution is -2.09. The monoisotopic (exact) mass is 214 g/mol. The minimum absolute atomic E-state index is 0.615. The second kappa shape index (κ2) is 4.72. The van der Waals surface area contributed by atoms with Crippen LogP contribution < -0.4 is 11.3 Å². The van der Waals surface area contributed by atoms with E-state index >= 15 is 0 Å². The maximum Gasteiger partial charge on any atom is 0.161 e. The molecule has 0 saturated heterocycles. The third-order valence-electron chi connectivity index (χ3n) is 2.42. The summed E-state index contributed by atoms with van der Waals surface area (Å²) in [5, 5.41) is 0. The Morgan fingerprint density at radius 1 is 1.19 bits per heavy atom. The van der Waals surface area contributed by atoms with Crippen LogP contribution in [0.3, 0.4) is 0 Å². The van der Waals surface area contributed by atoms with E-state index in [1.54, 1.807) is 12.3 Å². The molecule has 0 saturated carbocycles. The fourth-order valence-corrected chi connectivity index (χ4v) is 1.47. The first kappa shape index (κ1) is 10.6. The minimum atomic E-state index is 0.615. The van der Waals surface area contributed by atoms with Gasteiger partial charge in [-0.05, 0) is 12.0 Å². The molecule has 2 rings (SSSR count). The smallest absolute Gasteiger partial charge is 0.161 e. The van der Waals surface area contributed by atoms with Gasteiger partial charge in [-0.2, -0.15) is 0 Å². The molecule has 1 heterocycles. The Hall–Kier alpha value is -1.94. The number of hydrogen-bond acceptors (Lipinski definition) is 4. The van der Waals surface area contributed by atoms with Crippen molar-refractivity contribution in [3.8, 4) is 11.4 Å². The third kappa shape index (κ3) is 2.17. The van der Waals surface area contributed by atoms with Gasteiger partial charge in [0.2, 0.25) is 0 Å². The molecule has 0 amide bonds. The average Bonchev–Trinajstić information content (AvgIpc) is 2.39. The minimum Gasteiger partial charge on any atom is -0.308 e. The molecule has 0 bridgehead atoms. The van der Waals surface area contributed by atoms with Gasteiger partial charge in [-0.1, -0.05) is 31.2 Å². The summed E-state index contributed by atoms with van der Waals surface area (Å²) in [6.07, 6.45) is 2.72. The summed E-state index contributed by atoms with van der Waals surface area (Å²) < 4.78 is 0. The van der Waals surface area contributed by atoms with Gasteiger partial charge in [0.1, 0.15) is 5.82 Å². The second-order valence-electron chi connectivity index (χ2n) is 3.46. The highest BCUT2D eigenvalue weighted by Crippen LogP contribution is 2.16. The average molecular weight is 214 g/mol. The summed E-state index contributed by atoms with van der Waals surface area (Å²) in [5.41, 5.74) is 4.81. The first-order valence-electron chi connectivity index (χ1n) is 5.22. The molecule has 0 fully saturated rings. The molecular formula is C12H14N4. The van der Waals surface area contributed by atoms with E-state index in [0.29, 0.717) is 11.6 Å². The van der Waals surface area contributed by atoms with Crippen molar-refractivity contribution in [1.29, 1.82) is 0 Å². The van der Waals surface area contributed by atoms with Gasteiger partial charge >= 0.3 is 0 Å². The Kier molecular flexibility index (Phi) is 3.12. The number of nitrogens with zero attached hydrogens (tertiary/aromatic N) is 2. The Balaban J connectivity index is 2.34. The first-order chi connectivity index (χ1) is 7.83. The van der Waals surface area contributed by atoms with E-state index in [1.807, 2.05) is 12.1 Å². The topological polar surface area (TPSA) is 63.8 Å². The highest BCUT2D eigenvalue weighted by Gasteiger charge is 2.01. The van der Waals surface area contributed by atoms with Crippen molar-refractivity contribution in [2.45, 2.75) is 13.3 Å². The van der Waals surface area contributed by atoms with Crippen LogP contribution >= 0.6 is 0 Å². The lowest BCUT2D eigenvalue weighted by molar-refractivity contribution is 1.13. The molecule has 0 atom stereocenters. The van der Waals surface area contributed by atoms with Crippen LogP contribution in [-0.2, 0) is 6.42 Å². The van der Waals surface area contributed by atoms with E-state index in [2.05, 4.69) is 34.5 Å². The van der Waals surface area contributed by atoms with Crippen molar-refractivity contribution in [2.24, 2.45) is 5.84 Å².